The first-order chi connectivity index (χ1) is 6.54. The van der Waals surface area contributed by atoms with Crippen molar-refractivity contribution in [2.45, 2.75) is 12.5 Å². The van der Waals surface area contributed by atoms with Crippen molar-refractivity contribution in [1.82, 2.24) is 0 Å². The van der Waals surface area contributed by atoms with E-state index >= 15 is 0 Å². The van der Waals surface area contributed by atoms with Gasteiger partial charge in [-0.15, -0.1) is 0 Å². The van der Waals surface area contributed by atoms with Crippen LogP contribution in [0.5, 0.6) is 5.75 Å². The van der Waals surface area contributed by atoms with E-state index in [1.165, 1.54) is 0 Å². The maximum absolute atomic E-state index is 12.9. The molecule has 1 aromatic rings. The van der Waals surface area contributed by atoms with Crippen LogP contribution in [0.4, 0.5) is 4.39 Å². The van der Waals surface area contributed by atoms with Gasteiger partial charge in [-0.1, -0.05) is 11.6 Å². The summed E-state index contributed by atoms with van der Waals surface area (Å²) in [6, 6.07) is 1.64. The molecule has 1 aromatic carbocycles. The smallest absolute Gasteiger partial charge is 0.137 e. The number of hydrogen-bond donors (Lipinski definition) is 3. The van der Waals surface area contributed by atoms with Gasteiger partial charge in [-0.2, -0.15) is 0 Å². The van der Waals surface area contributed by atoms with Gasteiger partial charge in [-0.3, -0.25) is 0 Å². The molecule has 0 radical (unpaired) electrons. The predicted molar refractivity (Wildman–Crippen MR) is 51.8 cm³/mol. The third-order valence-electron chi connectivity index (χ3n) is 1.82. The summed E-state index contributed by atoms with van der Waals surface area (Å²) in [7, 11) is 0. The lowest BCUT2D eigenvalue weighted by Crippen LogP contribution is -2.26. The normalized spacial score (nSPS) is 12.9. The quantitative estimate of drug-likeness (QED) is 0.712. The molecule has 5 heteroatoms. The number of phenols is 1. The molecule has 0 aliphatic carbocycles. The van der Waals surface area contributed by atoms with E-state index in [0.29, 0.717) is 5.56 Å². The molecule has 1 rings (SSSR count). The molecule has 0 spiro atoms. The van der Waals surface area contributed by atoms with Gasteiger partial charge in [0.2, 0.25) is 0 Å². The number of aliphatic hydroxyl groups excluding tert-OH is 1. The van der Waals surface area contributed by atoms with Crippen LogP contribution >= 0.6 is 11.6 Å². The second-order valence-electron chi connectivity index (χ2n) is 3.04. The van der Waals surface area contributed by atoms with Crippen LogP contribution < -0.4 is 5.73 Å². The highest BCUT2D eigenvalue weighted by Crippen LogP contribution is 2.29. The number of aromatic hydroxyl groups is 1. The summed E-state index contributed by atoms with van der Waals surface area (Å²) in [5.74, 6) is -0.718. The molecule has 0 aromatic heterocycles. The third-order valence-corrected chi connectivity index (χ3v) is 2.11. The zero-order chi connectivity index (χ0) is 10.7. The number of hydrogen-bond acceptors (Lipinski definition) is 3. The van der Waals surface area contributed by atoms with E-state index in [1.807, 2.05) is 0 Å². The molecule has 14 heavy (non-hydrogen) atoms. The van der Waals surface area contributed by atoms with Gasteiger partial charge in [0.25, 0.3) is 0 Å². The first-order valence-electron chi connectivity index (χ1n) is 4.08. The van der Waals surface area contributed by atoms with Crippen LogP contribution in [0.25, 0.3) is 0 Å². The molecule has 0 saturated carbocycles. The van der Waals surface area contributed by atoms with Crippen molar-refractivity contribution in [2.24, 2.45) is 5.73 Å². The van der Waals surface area contributed by atoms with Crippen molar-refractivity contribution in [2.75, 3.05) is 6.61 Å². The molecular weight excluding hydrogens is 209 g/mol. The van der Waals surface area contributed by atoms with Gasteiger partial charge >= 0.3 is 0 Å². The van der Waals surface area contributed by atoms with Crippen LogP contribution in [0.1, 0.15) is 5.56 Å². The topological polar surface area (TPSA) is 66.5 Å². The largest absolute Gasteiger partial charge is 0.506 e. The van der Waals surface area contributed by atoms with Gasteiger partial charge in [0.05, 0.1) is 11.6 Å². The number of nitrogens with two attached hydrogens (primary N) is 1. The highest BCUT2D eigenvalue weighted by Gasteiger charge is 2.11. The molecular formula is C9H11ClFNO2. The molecule has 0 aliphatic rings. The molecule has 1 unspecified atom stereocenters. The van der Waals surface area contributed by atoms with E-state index in [9.17, 15) is 9.50 Å². The van der Waals surface area contributed by atoms with E-state index in [2.05, 4.69) is 0 Å². The molecule has 78 valence electrons. The van der Waals surface area contributed by atoms with Crippen molar-refractivity contribution in [3.63, 3.8) is 0 Å². The molecule has 0 aliphatic heterocycles. The molecule has 0 saturated heterocycles. The molecule has 0 bridgehead atoms. The summed E-state index contributed by atoms with van der Waals surface area (Å²) in [6.07, 6.45) is 0.180. The Hall–Kier alpha value is -0.840. The minimum atomic E-state index is -0.534. The second-order valence-corrected chi connectivity index (χ2v) is 3.45. The van der Waals surface area contributed by atoms with Crippen molar-refractivity contribution in [3.05, 3.63) is 28.5 Å². The maximum Gasteiger partial charge on any atom is 0.137 e. The summed E-state index contributed by atoms with van der Waals surface area (Å²) >= 11 is 5.55. The van der Waals surface area contributed by atoms with Crippen molar-refractivity contribution >= 4 is 11.6 Å². The van der Waals surface area contributed by atoms with Gasteiger partial charge in [-0.05, 0) is 24.1 Å². The Morgan fingerprint density at radius 2 is 2.14 bits per heavy atom. The van der Waals surface area contributed by atoms with E-state index in [0.717, 1.165) is 12.1 Å². The Bertz CT molecular complexity index is 333. The summed E-state index contributed by atoms with van der Waals surface area (Å²) < 4.78 is 12.9. The van der Waals surface area contributed by atoms with Gasteiger partial charge in [0.1, 0.15) is 11.6 Å². The third kappa shape index (κ3) is 2.57. The average molecular weight is 220 g/mol. The SMILES string of the molecule is NC(CO)Cc1cc(F)cc(Cl)c1O. The Kier molecular flexibility index (Phi) is 3.69. The fourth-order valence-corrected chi connectivity index (χ4v) is 1.35. The molecule has 1 atom stereocenters. The number of benzene rings is 1. The minimum absolute atomic E-state index is 0.0508. The number of rotatable bonds is 3. The summed E-state index contributed by atoms with van der Waals surface area (Å²) in [5, 5.41) is 18.1. The van der Waals surface area contributed by atoms with Crippen LogP contribution in [0.15, 0.2) is 12.1 Å². The van der Waals surface area contributed by atoms with Gasteiger partial charge in [-0.25, -0.2) is 4.39 Å². The molecule has 3 nitrogen and oxygen atoms in total. The maximum atomic E-state index is 12.9. The number of aliphatic hydroxyl groups is 1. The van der Waals surface area contributed by atoms with Crippen molar-refractivity contribution in [3.8, 4) is 5.75 Å². The van der Waals surface area contributed by atoms with E-state index in [-0.39, 0.29) is 23.8 Å². The zero-order valence-corrected chi connectivity index (χ0v) is 8.13. The molecule has 0 amide bonds. The predicted octanol–water partition coefficient (Wildman–Crippen LogP) is 1.05. The lowest BCUT2D eigenvalue weighted by Gasteiger charge is -2.10. The second kappa shape index (κ2) is 4.59. The number of phenolic OH excluding ortho intramolecular Hbond substituents is 1. The average Bonchev–Trinajstić information content (AvgIpc) is 2.13. The van der Waals surface area contributed by atoms with Crippen LogP contribution in [0, 0.1) is 5.82 Å². The van der Waals surface area contributed by atoms with Crippen LogP contribution in [-0.2, 0) is 6.42 Å². The molecule has 0 fully saturated rings. The monoisotopic (exact) mass is 219 g/mol. The highest BCUT2D eigenvalue weighted by molar-refractivity contribution is 6.32. The Morgan fingerprint density at radius 1 is 1.50 bits per heavy atom. The number of halogens is 2. The molecule has 4 N–H and O–H groups in total. The lowest BCUT2D eigenvalue weighted by molar-refractivity contribution is 0.264. The zero-order valence-electron chi connectivity index (χ0n) is 7.37. The van der Waals surface area contributed by atoms with Gasteiger partial charge in [0.15, 0.2) is 0 Å². The summed E-state index contributed by atoms with van der Waals surface area (Å²) in [6.45, 7) is -0.229. The van der Waals surface area contributed by atoms with Crippen LogP contribution in [0.2, 0.25) is 5.02 Å². The van der Waals surface area contributed by atoms with Gasteiger partial charge < -0.3 is 15.9 Å². The fraction of sp³-hybridized carbons (Fsp3) is 0.333. The van der Waals surface area contributed by atoms with E-state index in [1.54, 1.807) is 0 Å². The highest BCUT2D eigenvalue weighted by atomic mass is 35.5. The van der Waals surface area contributed by atoms with Crippen molar-refractivity contribution < 1.29 is 14.6 Å². The first-order valence-corrected chi connectivity index (χ1v) is 4.45. The Labute approximate surface area is 85.9 Å². The Morgan fingerprint density at radius 3 is 2.71 bits per heavy atom. The van der Waals surface area contributed by atoms with Gasteiger partial charge in [0, 0.05) is 6.04 Å². The minimum Gasteiger partial charge on any atom is -0.506 e. The van der Waals surface area contributed by atoms with Crippen molar-refractivity contribution in [1.29, 1.82) is 0 Å². The fourth-order valence-electron chi connectivity index (χ4n) is 1.12. The molecule has 0 heterocycles. The first kappa shape index (κ1) is 11.2. The van der Waals surface area contributed by atoms with Crippen LogP contribution in [0.3, 0.4) is 0 Å². The standard InChI is InChI=1S/C9H11ClFNO2/c10-8-3-6(11)1-5(9(8)14)2-7(12)4-13/h1,3,7,13-14H,2,4,12H2. The lowest BCUT2D eigenvalue weighted by atomic mass is 10.1. The summed E-state index contributed by atoms with van der Waals surface area (Å²) in [4.78, 5) is 0. The summed E-state index contributed by atoms with van der Waals surface area (Å²) in [5.41, 5.74) is 5.75. The Balaban J connectivity index is 2.96. The van der Waals surface area contributed by atoms with E-state index in [4.69, 9.17) is 22.4 Å². The van der Waals surface area contributed by atoms with E-state index < -0.39 is 11.9 Å². The van der Waals surface area contributed by atoms with Crippen LogP contribution in [-0.4, -0.2) is 22.9 Å².